The number of anilines is 1. The van der Waals surface area contributed by atoms with E-state index >= 15 is 0 Å². The van der Waals surface area contributed by atoms with E-state index in [9.17, 15) is 14.4 Å². The number of hydrogen-bond donors (Lipinski definition) is 2. The second-order valence-electron chi connectivity index (χ2n) is 8.36. The topological polar surface area (TPSA) is 97.0 Å². The highest BCUT2D eigenvalue weighted by Gasteiger charge is 2.39. The van der Waals surface area contributed by atoms with Gasteiger partial charge in [-0.05, 0) is 50.1 Å². The summed E-state index contributed by atoms with van der Waals surface area (Å²) in [6.07, 6.45) is 1.20. The molecular formula is C25H29N3O5. The van der Waals surface area contributed by atoms with E-state index in [1.54, 1.807) is 54.4 Å². The molecular weight excluding hydrogens is 422 g/mol. The van der Waals surface area contributed by atoms with Crippen LogP contribution in [0.25, 0.3) is 0 Å². The fourth-order valence-electron chi connectivity index (χ4n) is 4.37. The van der Waals surface area contributed by atoms with Crippen molar-refractivity contribution in [3.05, 3.63) is 59.7 Å². The lowest BCUT2D eigenvalue weighted by Gasteiger charge is -2.42. The summed E-state index contributed by atoms with van der Waals surface area (Å²) in [6, 6.07) is 13.8. The fourth-order valence-corrected chi connectivity index (χ4v) is 4.37. The smallest absolute Gasteiger partial charge is 0.257 e. The summed E-state index contributed by atoms with van der Waals surface area (Å²) >= 11 is 0. The number of carbonyl (C=O) groups excluding carboxylic acids is 3. The Hall–Kier alpha value is -3.39. The van der Waals surface area contributed by atoms with Crippen molar-refractivity contribution in [2.24, 2.45) is 0 Å². The summed E-state index contributed by atoms with van der Waals surface area (Å²) in [5.41, 5.74) is 1.45. The molecule has 0 aromatic heterocycles. The number of nitrogens with zero attached hydrogens (tertiary/aromatic N) is 1. The summed E-state index contributed by atoms with van der Waals surface area (Å²) in [5, 5.41) is 5.64. The molecule has 2 aliphatic rings. The van der Waals surface area contributed by atoms with Gasteiger partial charge < -0.3 is 25.0 Å². The standard InChI is InChI=1S/C25H29N3O5/c1-3-26-23(29)14-18-10-11-20-22(33-18)15-32-21-12-9-17(13-19(21)25(31)28(20)2)27-24(30)16-7-5-4-6-8-16/h4-9,12-13,18,20,22H,3,10-11,14-15H2,1-2H3,(H,26,29)(H,27,30)/t18-,20-,22-/m1/s1. The molecule has 1 saturated heterocycles. The summed E-state index contributed by atoms with van der Waals surface area (Å²) in [6.45, 7) is 2.74. The molecule has 2 heterocycles. The summed E-state index contributed by atoms with van der Waals surface area (Å²) < 4.78 is 12.1. The van der Waals surface area contributed by atoms with E-state index in [0.29, 0.717) is 42.0 Å². The van der Waals surface area contributed by atoms with Gasteiger partial charge in [-0.25, -0.2) is 0 Å². The van der Waals surface area contributed by atoms with Gasteiger partial charge in [0.2, 0.25) is 5.91 Å². The van der Waals surface area contributed by atoms with Crippen LogP contribution in [0.15, 0.2) is 48.5 Å². The monoisotopic (exact) mass is 451 g/mol. The van der Waals surface area contributed by atoms with Crippen molar-refractivity contribution in [3.8, 4) is 5.75 Å². The van der Waals surface area contributed by atoms with Crippen LogP contribution in [0.5, 0.6) is 5.75 Å². The van der Waals surface area contributed by atoms with E-state index < -0.39 is 0 Å². The third-order valence-electron chi connectivity index (χ3n) is 6.09. The van der Waals surface area contributed by atoms with Crippen LogP contribution in [0.1, 0.15) is 46.9 Å². The SMILES string of the molecule is CCNC(=O)C[C@H]1CC[C@@H]2[C@@H](COc3ccc(NC(=O)c4ccccc4)cc3C(=O)N2C)O1. The van der Waals surface area contributed by atoms with Gasteiger partial charge in [0, 0.05) is 24.8 Å². The zero-order valence-corrected chi connectivity index (χ0v) is 18.9. The van der Waals surface area contributed by atoms with Crippen LogP contribution in [-0.2, 0) is 9.53 Å². The number of rotatable bonds is 5. The molecule has 0 bridgehead atoms. The Morgan fingerprint density at radius 2 is 1.91 bits per heavy atom. The van der Waals surface area contributed by atoms with Gasteiger partial charge in [0.05, 0.1) is 24.1 Å². The summed E-state index contributed by atoms with van der Waals surface area (Å²) in [5.74, 6) is -0.0340. The molecule has 33 heavy (non-hydrogen) atoms. The van der Waals surface area contributed by atoms with Gasteiger partial charge in [-0.3, -0.25) is 14.4 Å². The van der Waals surface area contributed by atoms with Gasteiger partial charge in [-0.1, -0.05) is 18.2 Å². The number of amides is 3. The van der Waals surface area contributed by atoms with Crippen molar-refractivity contribution >= 4 is 23.4 Å². The minimum atomic E-state index is -0.322. The number of carbonyl (C=O) groups is 3. The van der Waals surface area contributed by atoms with E-state index in [0.717, 1.165) is 6.42 Å². The minimum absolute atomic E-state index is 0.0347. The lowest BCUT2D eigenvalue weighted by molar-refractivity contribution is -0.133. The number of benzene rings is 2. The minimum Gasteiger partial charge on any atom is -0.490 e. The van der Waals surface area contributed by atoms with Gasteiger partial charge in [-0.15, -0.1) is 0 Å². The highest BCUT2D eigenvalue weighted by Crippen LogP contribution is 2.32. The zero-order valence-electron chi connectivity index (χ0n) is 18.9. The van der Waals surface area contributed by atoms with E-state index in [1.807, 2.05) is 13.0 Å². The van der Waals surface area contributed by atoms with Crippen molar-refractivity contribution in [1.29, 1.82) is 0 Å². The van der Waals surface area contributed by atoms with Crippen LogP contribution in [-0.4, -0.2) is 61.1 Å². The molecule has 174 valence electrons. The molecule has 3 atom stereocenters. The van der Waals surface area contributed by atoms with Crippen LogP contribution in [0.3, 0.4) is 0 Å². The summed E-state index contributed by atoms with van der Waals surface area (Å²) in [4.78, 5) is 39.5. The third-order valence-corrected chi connectivity index (χ3v) is 6.09. The largest absolute Gasteiger partial charge is 0.490 e. The maximum Gasteiger partial charge on any atom is 0.257 e. The van der Waals surface area contributed by atoms with Gasteiger partial charge in [0.15, 0.2) is 0 Å². The molecule has 0 aliphatic carbocycles. The van der Waals surface area contributed by atoms with Gasteiger partial charge in [0.25, 0.3) is 11.8 Å². The Morgan fingerprint density at radius 1 is 1.12 bits per heavy atom. The van der Waals surface area contributed by atoms with E-state index in [-0.39, 0.29) is 42.6 Å². The molecule has 2 aromatic rings. The predicted octanol–water partition coefficient (Wildman–Crippen LogP) is 2.85. The second kappa shape index (κ2) is 10.0. The molecule has 2 aromatic carbocycles. The molecule has 2 N–H and O–H groups in total. The molecule has 8 heteroatoms. The molecule has 1 fully saturated rings. The fraction of sp³-hybridized carbons (Fsp3) is 0.400. The van der Waals surface area contributed by atoms with Crippen molar-refractivity contribution < 1.29 is 23.9 Å². The van der Waals surface area contributed by atoms with Gasteiger partial charge >= 0.3 is 0 Å². The van der Waals surface area contributed by atoms with Crippen LogP contribution in [0.4, 0.5) is 5.69 Å². The highest BCUT2D eigenvalue weighted by atomic mass is 16.5. The number of hydrogen-bond acceptors (Lipinski definition) is 5. The molecule has 2 aliphatic heterocycles. The lowest BCUT2D eigenvalue weighted by Crippen LogP contribution is -2.54. The van der Waals surface area contributed by atoms with Crippen LogP contribution >= 0.6 is 0 Å². The Balaban J connectivity index is 1.49. The average molecular weight is 452 g/mol. The maximum atomic E-state index is 13.3. The number of fused-ring (bicyclic) bond motifs is 2. The average Bonchev–Trinajstić information content (AvgIpc) is 2.82. The molecule has 0 unspecified atom stereocenters. The quantitative estimate of drug-likeness (QED) is 0.729. The molecule has 0 saturated carbocycles. The predicted molar refractivity (Wildman–Crippen MR) is 123 cm³/mol. The Bertz CT molecular complexity index is 1030. The number of ether oxygens (including phenoxy) is 2. The van der Waals surface area contributed by atoms with Crippen molar-refractivity contribution in [2.45, 2.75) is 44.4 Å². The van der Waals surface area contributed by atoms with E-state index in [4.69, 9.17) is 9.47 Å². The first-order valence-electron chi connectivity index (χ1n) is 11.3. The van der Waals surface area contributed by atoms with E-state index in [1.165, 1.54) is 0 Å². The lowest BCUT2D eigenvalue weighted by atomic mass is 9.94. The second-order valence-corrected chi connectivity index (χ2v) is 8.36. The Morgan fingerprint density at radius 3 is 2.67 bits per heavy atom. The van der Waals surface area contributed by atoms with Crippen molar-refractivity contribution in [3.63, 3.8) is 0 Å². The highest BCUT2D eigenvalue weighted by molar-refractivity contribution is 6.05. The Labute approximate surface area is 193 Å². The zero-order chi connectivity index (χ0) is 23.4. The van der Waals surface area contributed by atoms with E-state index in [2.05, 4.69) is 10.6 Å². The molecule has 0 spiro atoms. The number of likely N-dealkylation sites (N-methyl/N-ethyl adjacent to an activating group) is 1. The first kappa shape index (κ1) is 22.8. The van der Waals surface area contributed by atoms with Gasteiger partial charge in [-0.2, -0.15) is 0 Å². The molecule has 3 amide bonds. The number of nitrogens with one attached hydrogen (secondary N) is 2. The molecule has 8 nitrogen and oxygen atoms in total. The van der Waals surface area contributed by atoms with Gasteiger partial charge in [0.1, 0.15) is 18.5 Å². The van der Waals surface area contributed by atoms with Crippen LogP contribution in [0, 0.1) is 0 Å². The normalized spacial score (nSPS) is 22.2. The molecule has 0 radical (unpaired) electrons. The first-order valence-corrected chi connectivity index (χ1v) is 11.3. The maximum absolute atomic E-state index is 13.3. The molecule has 4 rings (SSSR count). The third kappa shape index (κ3) is 5.17. The first-order chi connectivity index (χ1) is 16.0. The summed E-state index contributed by atoms with van der Waals surface area (Å²) in [7, 11) is 1.76. The van der Waals surface area contributed by atoms with Crippen molar-refractivity contribution in [2.75, 3.05) is 25.5 Å². The van der Waals surface area contributed by atoms with Crippen molar-refractivity contribution in [1.82, 2.24) is 10.2 Å². The Kier molecular flexibility index (Phi) is 6.93. The van der Waals surface area contributed by atoms with Crippen LogP contribution < -0.4 is 15.4 Å². The van der Waals surface area contributed by atoms with Crippen LogP contribution in [0.2, 0.25) is 0 Å².